The van der Waals surface area contributed by atoms with Crippen molar-refractivity contribution >= 4 is 46.1 Å². The van der Waals surface area contributed by atoms with E-state index >= 15 is 0 Å². The van der Waals surface area contributed by atoms with Gasteiger partial charge in [-0.3, -0.25) is 5.43 Å². The summed E-state index contributed by atoms with van der Waals surface area (Å²) in [5.74, 6) is 0. The van der Waals surface area contributed by atoms with Crippen molar-refractivity contribution in [2.24, 2.45) is 5.10 Å². The highest BCUT2D eigenvalue weighted by atomic mass is 35.5. The second-order valence-electron chi connectivity index (χ2n) is 6.44. The predicted molar refractivity (Wildman–Crippen MR) is 113 cm³/mol. The fourth-order valence-electron chi connectivity index (χ4n) is 2.86. The Bertz CT molecular complexity index is 1110. The molecule has 3 aromatic carbocycles. The van der Waals surface area contributed by atoms with Gasteiger partial charge in [0.15, 0.2) is 0 Å². The molecule has 0 atom stereocenters. The van der Waals surface area contributed by atoms with E-state index in [4.69, 9.17) is 11.6 Å². The molecular weight excluding hydrogens is 419 g/mol. The van der Waals surface area contributed by atoms with Crippen LogP contribution in [0.1, 0.15) is 18.1 Å². The van der Waals surface area contributed by atoms with Gasteiger partial charge in [-0.1, -0.05) is 41.6 Å². The average Bonchev–Trinajstić information content (AvgIpc) is 2.70. The highest BCUT2D eigenvalue weighted by molar-refractivity contribution is 7.99. The Morgan fingerprint density at radius 1 is 1.00 bits per heavy atom. The molecule has 0 fully saturated rings. The van der Waals surface area contributed by atoms with Gasteiger partial charge in [-0.05, 0) is 55.0 Å². The number of hydrogen-bond donors (Lipinski definition) is 2. The summed E-state index contributed by atoms with van der Waals surface area (Å²) in [5, 5.41) is 7.78. The monoisotopic (exact) mass is 433 g/mol. The molecule has 0 aliphatic carbocycles. The lowest BCUT2D eigenvalue weighted by atomic mass is 10.1. The number of nitrogens with zero attached hydrogens (tertiary/aromatic N) is 1. The zero-order valence-electron chi connectivity index (χ0n) is 15.1. The predicted octanol–water partition coefficient (Wildman–Crippen LogP) is 7.40. The molecule has 0 saturated carbocycles. The normalized spacial score (nSPS) is 13.3. The van der Waals surface area contributed by atoms with Crippen molar-refractivity contribution in [2.45, 2.75) is 22.9 Å². The van der Waals surface area contributed by atoms with Crippen LogP contribution in [-0.2, 0) is 6.18 Å². The maximum Gasteiger partial charge on any atom is 0.416 e. The van der Waals surface area contributed by atoms with E-state index in [1.54, 1.807) is 18.7 Å². The van der Waals surface area contributed by atoms with Crippen LogP contribution in [0.5, 0.6) is 0 Å². The second-order valence-corrected chi connectivity index (χ2v) is 7.93. The largest absolute Gasteiger partial charge is 0.416 e. The smallest absolute Gasteiger partial charge is 0.354 e. The minimum atomic E-state index is -4.45. The lowest BCUT2D eigenvalue weighted by Gasteiger charge is -2.21. The van der Waals surface area contributed by atoms with Gasteiger partial charge in [0.1, 0.15) is 0 Å². The number of para-hydroxylation sites is 1. The number of alkyl halides is 3. The number of hydrogen-bond acceptors (Lipinski definition) is 4. The third-order valence-electron chi connectivity index (χ3n) is 4.41. The summed E-state index contributed by atoms with van der Waals surface area (Å²) < 4.78 is 38.7. The van der Waals surface area contributed by atoms with Crippen LogP contribution in [0, 0.1) is 0 Å². The second kappa shape index (κ2) is 7.65. The lowest BCUT2D eigenvalue weighted by molar-refractivity contribution is -0.137. The summed E-state index contributed by atoms with van der Waals surface area (Å²) in [6, 6.07) is 17.0. The molecule has 0 aromatic heterocycles. The van der Waals surface area contributed by atoms with E-state index in [1.165, 1.54) is 6.07 Å². The van der Waals surface area contributed by atoms with Gasteiger partial charge in [-0.15, -0.1) is 0 Å². The van der Waals surface area contributed by atoms with Gasteiger partial charge in [-0.25, -0.2) is 0 Å². The quantitative estimate of drug-likeness (QED) is 0.261. The molecule has 3 nitrogen and oxygen atoms in total. The first kappa shape index (κ1) is 19.7. The van der Waals surface area contributed by atoms with Crippen molar-refractivity contribution in [2.75, 3.05) is 10.7 Å². The van der Waals surface area contributed by atoms with E-state index in [-0.39, 0.29) is 10.7 Å². The molecular formula is C21H15ClF3N3S. The minimum Gasteiger partial charge on any atom is -0.354 e. The molecule has 1 heterocycles. The Labute approximate surface area is 175 Å². The summed E-state index contributed by atoms with van der Waals surface area (Å²) in [5.41, 5.74) is 5.41. The number of hydrazone groups is 1. The zero-order valence-corrected chi connectivity index (χ0v) is 16.7. The van der Waals surface area contributed by atoms with Crippen LogP contribution in [0.3, 0.4) is 0 Å². The maximum absolute atomic E-state index is 12.9. The maximum atomic E-state index is 12.9. The third kappa shape index (κ3) is 4.21. The molecule has 2 N–H and O–H groups in total. The SMILES string of the molecule is CC(=NNc1cc(C(F)(F)F)ccc1Cl)c1ccc2c(c1)Nc1ccccc1S2. The summed E-state index contributed by atoms with van der Waals surface area (Å²) >= 11 is 7.68. The third-order valence-corrected chi connectivity index (χ3v) is 5.89. The van der Waals surface area contributed by atoms with Crippen molar-refractivity contribution in [1.82, 2.24) is 0 Å². The summed E-state index contributed by atoms with van der Waals surface area (Å²) in [6.45, 7) is 1.78. The van der Waals surface area contributed by atoms with E-state index in [0.29, 0.717) is 5.71 Å². The first-order valence-electron chi connectivity index (χ1n) is 8.66. The van der Waals surface area contributed by atoms with Crippen molar-refractivity contribution in [3.63, 3.8) is 0 Å². The van der Waals surface area contributed by atoms with Crippen molar-refractivity contribution in [3.05, 3.63) is 76.8 Å². The highest BCUT2D eigenvalue weighted by Gasteiger charge is 2.31. The molecule has 148 valence electrons. The Kier molecular flexibility index (Phi) is 5.19. The summed E-state index contributed by atoms with van der Waals surface area (Å²) in [6.07, 6.45) is -4.45. The van der Waals surface area contributed by atoms with Gasteiger partial charge in [0.25, 0.3) is 0 Å². The summed E-state index contributed by atoms with van der Waals surface area (Å²) in [4.78, 5) is 2.24. The zero-order chi connectivity index (χ0) is 20.6. The molecule has 4 rings (SSSR count). The molecule has 0 spiro atoms. The van der Waals surface area contributed by atoms with E-state index in [2.05, 4.69) is 21.9 Å². The molecule has 0 radical (unpaired) electrons. The molecule has 0 bridgehead atoms. The van der Waals surface area contributed by atoms with Crippen molar-refractivity contribution < 1.29 is 13.2 Å². The van der Waals surface area contributed by atoms with Gasteiger partial charge in [0.2, 0.25) is 0 Å². The molecule has 1 aliphatic heterocycles. The molecule has 1 aliphatic rings. The van der Waals surface area contributed by atoms with Crippen LogP contribution < -0.4 is 10.7 Å². The Morgan fingerprint density at radius 2 is 1.76 bits per heavy atom. The van der Waals surface area contributed by atoms with Crippen LogP contribution in [-0.4, -0.2) is 5.71 Å². The number of anilines is 3. The molecule has 3 aromatic rings. The van der Waals surface area contributed by atoms with E-state index in [1.807, 2.05) is 36.4 Å². The Hall–Kier alpha value is -2.64. The Morgan fingerprint density at radius 3 is 2.55 bits per heavy atom. The van der Waals surface area contributed by atoms with E-state index in [0.717, 1.165) is 38.9 Å². The number of nitrogens with one attached hydrogen (secondary N) is 2. The average molecular weight is 434 g/mol. The topological polar surface area (TPSA) is 36.4 Å². The van der Waals surface area contributed by atoms with Crippen LogP contribution in [0.2, 0.25) is 5.02 Å². The first-order valence-corrected chi connectivity index (χ1v) is 9.86. The molecule has 0 amide bonds. The van der Waals surface area contributed by atoms with Crippen LogP contribution in [0.15, 0.2) is 75.6 Å². The lowest BCUT2D eigenvalue weighted by Crippen LogP contribution is -2.06. The summed E-state index contributed by atoms with van der Waals surface area (Å²) in [7, 11) is 0. The van der Waals surface area contributed by atoms with Gasteiger partial charge in [0, 0.05) is 9.79 Å². The van der Waals surface area contributed by atoms with Gasteiger partial charge >= 0.3 is 6.18 Å². The number of benzene rings is 3. The molecule has 0 saturated heterocycles. The van der Waals surface area contributed by atoms with E-state index < -0.39 is 11.7 Å². The highest BCUT2D eigenvalue weighted by Crippen LogP contribution is 2.44. The minimum absolute atomic E-state index is 0.0985. The van der Waals surface area contributed by atoms with E-state index in [9.17, 15) is 13.2 Å². The Balaban J connectivity index is 1.57. The molecule has 0 unspecified atom stereocenters. The standard InChI is InChI=1S/C21H15ClF3N3S/c1-12(27-28-17-11-14(21(23,24)25)7-8-15(17)22)13-6-9-20-18(10-13)26-16-4-2-3-5-19(16)29-20/h2-11,26,28H,1H3. The van der Waals surface area contributed by atoms with Gasteiger partial charge < -0.3 is 5.32 Å². The van der Waals surface area contributed by atoms with Gasteiger partial charge in [0.05, 0.1) is 33.4 Å². The van der Waals surface area contributed by atoms with Crippen molar-refractivity contribution in [1.29, 1.82) is 0 Å². The number of rotatable bonds is 3. The number of halogens is 4. The van der Waals surface area contributed by atoms with Crippen LogP contribution >= 0.6 is 23.4 Å². The van der Waals surface area contributed by atoms with Crippen molar-refractivity contribution in [3.8, 4) is 0 Å². The first-order chi connectivity index (χ1) is 13.8. The van der Waals surface area contributed by atoms with Gasteiger partial charge in [-0.2, -0.15) is 18.3 Å². The van der Waals surface area contributed by atoms with Crippen LogP contribution in [0.25, 0.3) is 0 Å². The fourth-order valence-corrected chi connectivity index (χ4v) is 3.99. The molecule has 29 heavy (non-hydrogen) atoms. The number of fused-ring (bicyclic) bond motifs is 2. The fraction of sp³-hybridized carbons (Fsp3) is 0.0952. The molecule has 8 heteroatoms. The van der Waals surface area contributed by atoms with Crippen LogP contribution in [0.4, 0.5) is 30.2 Å².